The molecule has 0 aliphatic heterocycles. The summed E-state index contributed by atoms with van der Waals surface area (Å²) in [6.07, 6.45) is 12.3. The third-order valence-electron chi connectivity index (χ3n) is 5.42. The second kappa shape index (κ2) is 5.99. The van der Waals surface area contributed by atoms with Crippen LogP contribution in [0, 0.1) is 0 Å². The van der Waals surface area contributed by atoms with Gasteiger partial charge in [0.25, 0.3) is 0 Å². The highest BCUT2D eigenvalue weighted by atomic mass is 16.3. The summed E-state index contributed by atoms with van der Waals surface area (Å²) >= 11 is 0. The van der Waals surface area contributed by atoms with Crippen molar-refractivity contribution in [3.63, 3.8) is 0 Å². The molecule has 3 aromatic heterocycles. The molecule has 1 aliphatic rings. The molecule has 0 N–H and O–H groups in total. The minimum Gasteiger partial charge on any atom is -0.455 e. The highest BCUT2D eigenvalue weighted by Crippen LogP contribution is 2.37. The van der Waals surface area contributed by atoms with Crippen molar-refractivity contribution in [2.45, 2.75) is 38.0 Å². The predicted molar refractivity (Wildman–Crippen MR) is 101 cm³/mol. The van der Waals surface area contributed by atoms with Gasteiger partial charge in [0, 0.05) is 29.4 Å². The first kappa shape index (κ1) is 14.6. The van der Waals surface area contributed by atoms with Crippen LogP contribution in [0.1, 0.15) is 43.6 Å². The van der Waals surface area contributed by atoms with E-state index in [9.17, 15) is 0 Å². The fraction of sp³-hybridized carbons (Fsp3) is 0.273. The van der Waals surface area contributed by atoms with E-state index >= 15 is 0 Å². The van der Waals surface area contributed by atoms with Crippen molar-refractivity contribution in [2.75, 3.05) is 0 Å². The van der Waals surface area contributed by atoms with Gasteiger partial charge in [-0.15, -0.1) is 0 Å². The Morgan fingerprint density at radius 1 is 0.920 bits per heavy atom. The molecular formula is C22H20N2O. The molecule has 0 atom stereocenters. The molecule has 0 unspecified atom stereocenters. The molecule has 1 aliphatic carbocycles. The van der Waals surface area contributed by atoms with E-state index in [1.807, 2.05) is 36.8 Å². The average Bonchev–Trinajstić information content (AvgIpc) is 3.07. The molecule has 3 heterocycles. The average molecular weight is 328 g/mol. The SMILES string of the molecule is c1ccc2c(c1)oc1c(-c3cc(C4CCCCC4)ccn3)cncc12. The zero-order valence-electron chi connectivity index (χ0n) is 14.1. The van der Waals surface area contributed by atoms with Gasteiger partial charge in [-0.05, 0) is 42.5 Å². The number of pyridine rings is 2. The van der Waals surface area contributed by atoms with Gasteiger partial charge in [-0.1, -0.05) is 37.5 Å². The Hall–Kier alpha value is -2.68. The Bertz CT molecular complexity index is 1040. The van der Waals surface area contributed by atoms with Gasteiger partial charge in [0.15, 0.2) is 0 Å². The van der Waals surface area contributed by atoms with Crippen molar-refractivity contribution in [3.05, 3.63) is 60.6 Å². The van der Waals surface area contributed by atoms with Crippen molar-refractivity contribution in [1.29, 1.82) is 0 Å². The zero-order valence-corrected chi connectivity index (χ0v) is 14.1. The Morgan fingerprint density at radius 3 is 2.72 bits per heavy atom. The van der Waals surface area contributed by atoms with Crippen LogP contribution in [0.5, 0.6) is 0 Å². The Labute approximate surface area is 146 Å². The van der Waals surface area contributed by atoms with Crippen LogP contribution < -0.4 is 0 Å². The first-order chi connectivity index (χ1) is 12.4. The molecule has 5 rings (SSSR count). The van der Waals surface area contributed by atoms with Gasteiger partial charge in [-0.25, -0.2) is 0 Å². The van der Waals surface area contributed by atoms with Crippen LogP contribution in [0.2, 0.25) is 0 Å². The maximum Gasteiger partial charge on any atom is 0.147 e. The van der Waals surface area contributed by atoms with Crippen molar-refractivity contribution in [1.82, 2.24) is 9.97 Å². The number of benzene rings is 1. The summed E-state index contributed by atoms with van der Waals surface area (Å²) in [5.74, 6) is 0.665. The third-order valence-corrected chi connectivity index (χ3v) is 5.42. The molecule has 3 nitrogen and oxygen atoms in total. The summed E-state index contributed by atoms with van der Waals surface area (Å²) in [4.78, 5) is 9.08. The molecule has 1 saturated carbocycles. The Balaban J connectivity index is 1.65. The number of furan rings is 1. The number of para-hydroxylation sites is 1. The van der Waals surface area contributed by atoms with Gasteiger partial charge in [0.2, 0.25) is 0 Å². The molecule has 3 heteroatoms. The molecule has 1 aromatic carbocycles. The smallest absolute Gasteiger partial charge is 0.147 e. The first-order valence-electron chi connectivity index (χ1n) is 9.12. The quantitative estimate of drug-likeness (QED) is 0.447. The van der Waals surface area contributed by atoms with E-state index in [2.05, 4.69) is 28.2 Å². The first-order valence-corrected chi connectivity index (χ1v) is 9.12. The normalized spacial score (nSPS) is 15.8. The second-order valence-electron chi connectivity index (χ2n) is 6.97. The van der Waals surface area contributed by atoms with Gasteiger partial charge in [-0.2, -0.15) is 0 Å². The molecule has 4 aromatic rings. The number of hydrogen-bond donors (Lipinski definition) is 0. The van der Waals surface area contributed by atoms with Crippen LogP contribution in [0.15, 0.2) is 59.4 Å². The lowest BCUT2D eigenvalue weighted by molar-refractivity contribution is 0.443. The van der Waals surface area contributed by atoms with Crippen LogP contribution in [-0.4, -0.2) is 9.97 Å². The highest BCUT2D eigenvalue weighted by molar-refractivity contribution is 6.08. The monoisotopic (exact) mass is 328 g/mol. The van der Waals surface area contributed by atoms with Gasteiger partial charge in [-0.3, -0.25) is 9.97 Å². The molecule has 0 spiro atoms. The van der Waals surface area contributed by atoms with E-state index in [4.69, 9.17) is 4.42 Å². The van der Waals surface area contributed by atoms with Crippen LogP contribution >= 0.6 is 0 Å². The van der Waals surface area contributed by atoms with E-state index < -0.39 is 0 Å². The predicted octanol–water partition coefficient (Wildman–Crippen LogP) is 6.09. The molecule has 0 radical (unpaired) electrons. The molecule has 25 heavy (non-hydrogen) atoms. The minimum atomic E-state index is 0.665. The van der Waals surface area contributed by atoms with Gasteiger partial charge < -0.3 is 4.42 Å². The van der Waals surface area contributed by atoms with E-state index in [0.717, 1.165) is 33.2 Å². The number of fused-ring (bicyclic) bond motifs is 3. The topological polar surface area (TPSA) is 38.9 Å². The summed E-state index contributed by atoms with van der Waals surface area (Å²) in [6, 6.07) is 12.5. The maximum absolute atomic E-state index is 6.14. The largest absolute Gasteiger partial charge is 0.455 e. The standard InChI is InChI=1S/C22H20N2O/c1-2-6-15(7-3-1)16-10-11-24-20(12-16)19-14-23-13-18-17-8-4-5-9-21(17)25-22(18)19/h4-5,8-15H,1-3,6-7H2. The lowest BCUT2D eigenvalue weighted by Crippen LogP contribution is -2.04. The molecule has 0 saturated heterocycles. The van der Waals surface area contributed by atoms with Crippen LogP contribution in [0.4, 0.5) is 0 Å². The number of hydrogen-bond acceptors (Lipinski definition) is 3. The van der Waals surface area contributed by atoms with E-state index in [0.29, 0.717) is 5.92 Å². The molecule has 0 bridgehead atoms. The van der Waals surface area contributed by atoms with E-state index in [1.54, 1.807) is 0 Å². The summed E-state index contributed by atoms with van der Waals surface area (Å²) in [7, 11) is 0. The lowest BCUT2D eigenvalue weighted by atomic mass is 9.84. The van der Waals surface area contributed by atoms with Crippen molar-refractivity contribution < 1.29 is 4.42 Å². The van der Waals surface area contributed by atoms with Gasteiger partial charge in [0.05, 0.1) is 11.3 Å². The molecule has 124 valence electrons. The molecular weight excluding hydrogens is 308 g/mol. The number of nitrogens with zero attached hydrogens (tertiary/aromatic N) is 2. The summed E-state index contributed by atoms with van der Waals surface area (Å²) in [5.41, 5.74) is 5.11. The van der Waals surface area contributed by atoms with Crippen molar-refractivity contribution in [2.24, 2.45) is 0 Å². The Kier molecular flexibility index (Phi) is 3.51. The summed E-state index contributed by atoms with van der Waals surface area (Å²) in [5, 5.41) is 2.16. The molecule has 1 fully saturated rings. The maximum atomic E-state index is 6.14. The lowest BCUT2D eigenvalue weighted by Gasteiger charge is -2.22. The summed E-state index contributed by atoms with van der Waals surface area (Å²) < 4.78 is 6.14. The van der Waals surface area contributed by atoms with Gasteiger partial charge in [0.1, 0.15) is 11.2 Å². The zero-order chi connectivity index (χ0) is 16.6. The fourth-order valence-electron chi connectivity index (χ4n) is 4.11. The van der Waals surface area contributed by atoms with Gasteiger partial charge >= 0.3 is 0 Å². The van der Waals surface area contributed by atoms with E-state index in [1.165, 1.54) is 37.7 Å². The summed E-state index contributed by atoms with van der Waals surface area (Å²) in [6.45, 7) is 0. The molecule has 0 amide bonds. The number of aromatic nitrogens is 2. The third kappa shape index (κ3) is 2.51. The van der Waals surface area contributed by atoms with Crippen LogP contribution in [-0.2, 0) is 0 Å². The number of rotatable bonds is 2. The van der Waals surface area contributed by atoms with Crippen LogP contribution in [0.3, 0.4) is 0 Å². The second-order valence-corrected chi connectivity index (χ2v) is 6.97. The van der Waals surface area contributed by atoms with E-state index in [-0.39, 0.29) is 0 Å². The minimum absolute atomic E-state index is 0.665. The fourth-order valence-corrected chi connectivity index (χ4v) is 4.11. The van der Waals surface area contributed by atoms with Crippen molar-refractivity contribution in [3.8, 4) is 11.3 Å². The van der Waals surface area contributed by atoms with Crippen molar-refractivity contribution >= 4 is 21.9 Å². The van der Waals surface area contributed by atoms with Crippen LogP contribution in [0.25, 0.3) is 33.2 Å². The Morgan fingerprint density at radius 2 is 1.80 bits per heavy atom. The highest BCUT2D eigenvalue weighted by Gasteiger charge is 2.18.